The molecule has 1 N–H and O–H groups in total. The highest BCUT2D eigenvalue weighted by Gasteiger charge is 2.44. The Morgan fingerprint density at radius 2 is 2.00 bits per heavy atom. The maximum Gasteiger partial charge on any atom is 0.337 e. The third-order valence-corrected chi connectivity index (χ3v) is 4.60. The van der Waals surface area contributed by atoms with Gasteiger partial charge in [-0.25, -0.2) is 9.59 Å². The van der Waals surface area contributed by atoms with Crippen molar-refractivity contribution in [2.24, 2.45) is 0 Å². The van der Waals surface area contributed by atoms with Gasteiger partial charge in [-0.3, -0.25) is 0 Å². The minimum absolute atomic E-state index is 0.372. The van der Waals surface area contributed by atoms with Crippen molar-refractivity contribution in [3.05, 3.63) is 57.4 Å². The molecule has 2 aliphatic rings. The fourth-order valence-corrected chi connectivity index (χ4v) is 3.35. The van der Waals surface area contributed by atoms with Crippen LogP contribution in [0.25, 0.3) is 0 Å². The van der Waals surface area contributed by atoms with Crippen molar-refractivity contribution < 1.29 is 19.1 Å². The van der Waals surface area contributed by atoms with Crippen molar-refractivity contribution in [2.75, 3.05) is 7.11 Å². The number of nitrogens with one attached hydrogen (secondary N) is 1. The van der Waals surface area contributed by atoms with Gasteiger partial charge in [0, 0.05) is 10.7 Å². The summed E-state index contributed by atoms with van der Waals surface area (Å²) in [5, 5.41) is 3.79. The number of esters is 2. The number of ether oxygens (including phenoxy) is 2. The molecule has 0 aliphatic carbocycles. The first kappa shape index (κ1) is 16.6. The first-order valence-electron chi connectivity index (χ1n) is 7.76. The van der Waals surface area contributed by atoms with Crippen LogP contribution in [0.4, 0.5) is 0 Å². The second kappa shape index (κ2) is 6.32. The van der Waals surface area contributed by atoms with Gasteiger partial charge < -0.3 is 14.8 Å². The summed E-state index contributed by atoms with van der Waals surface area (Å²) in [5.74, 6) is -1.40. The van der Waals surface area contributed by atoms with Gasteiger partial charge in [-0.1, -0.05) is 30.7 Å². The Labute approximate surface area is 145 Å². The molecule has 0 bridgehead atoms. The molecule has 0 fully saturated rings. The summed E-state index contributed by atoms with van der Waals surface area (Å²) in [6, 6.07) is 7.11. The molecule has 24 heavy (non-hydrogen) atoms. The molecule has 2 heterocycles. The Kier molecular flexibility index (Phi) is 4.37. The van der Waals surface area contributed by atoms with E-state index in [9.17, 15) is 9.59 Å². The van der Waals surface area contributed by atoms with E-state index < -0.39 is 17.9 Å². The number of carbonyl (C=O) groups is 2. The van der Waals surface area contributed by atoms with Crippen molar-refractivity contribution in [1.82, 2.24) is 5.32 Å². The number of carbonyl (C=O) groups excluding carboxylic acids is 2. The maximum atomic E-state index is 12.4. The number of hydrogen-bond donors (Lipinski definition) is 1. The average Bonchev–Trinajstić information content (AvgIpc) is 2.87. The summed E-state index contributed by atoms with van der Waals surface area (Å²) >= 11 is 5.98. The van der Waals surface area contributed by atoms with Gasteiger partial charge in [0.25, 0.3) is 0 Å². The van der Waals surface area contributed by atoms with E-state index in [1.54, 1.807) is 12.1 Å². The zero-order valence-corrected chi connectivity index (χ0v) is 14.4. The van der Waals surface area contributed by atoms with Crippen molar-refractivity contribution in [2.45, 2.75) is 32.3 Å². The van der Waals surface area contributed by atoms with Gasteiger partial charge in [-0.2, -0.15) is 0 Å². The quantitative estimate of drug-likeness (QED) is 0.851. The Morgan fingerprint density at radius 3 is 2.58 bits per heavy atom. The van der Waals surface area contributed by atoms with Crippen LogP contribution < -0.4 is 5.32 Å². The van der Waals surface area contributed by atoms with Gasteiger partial charge in [0.2, 0.25) is 0 Å². The number of allylic oxidation sites excluding steroid dienone is 1. The molecular formula is C18H18ClNO4. The van der Waals surface area contributed by atoms with Crippen LogP contribution in [0, 0.1) is 0 Å². The third-order valence-electron chi connectivity index (χ3n) is 4.35. The highest BCUT2D eigenvalue weighted by molar-refractivity contribution is 6.30. The molecule has 1 aromatic rings. The molecule has 2 aliphatic heterocycles. The molecule has 0 saturated heterocycles. The summed E-state index contributed by atoms with van der Waals surface area (Å²) in [5.41, 5.74) is 3.15. The van der Waals surface area contributed by atoms with Gasteiger partial charge in [-0.15, -0.1) is 0 Å². The van der Waals surface area contributed by atoms with Crippen LogP contribution in [0.15, 0.2) is 46.8 Å². The first-order valence-corrected chi connectivity index (χ1v) is 8.14. The molecule has 0 saturated carbocycles. The lowest BCUT2D eigenvalue weighted by atomic mass is 9.80. The molecule has 2 unspecified atom stereocenters. The summed E-state index contributed by atoms with van der Waals surface area (Å²) in [4.78, 5) is 24.8. The lowest BCUT2D eigenvalue weighted by Crippen LogP contribution is -2.32. The third kappa shape index (κ3) is 2.59. The van der Waals surface area contributed by atoms with Crippen LogP contribution in [-0.2, 0) is 19.1 Å². The zero-order valence-electron chi connectivity index (χ0n) is 13.7. The Hall–Kier alpha value is -2.27. The van der Waals surface area contributed by atoms with Crippen LogP contribution in [0.3, 0.4) is 0 Å². The van der Waals surface area contributed by atoms with E-state index >= 15 is 0 Å². The molecule has 3 rings (SSSR count). The summed E-state index contributed by atoms with van der Waals surface area (Å²) in [7, 11) is 1.33. The van der Waals surface area contributed by atoms with Crippen molar-refractivity contribution >= 4 is 23.5 Å². The largest absolute Gasteiger partial charge is 0.466 e. The molecular weight excluding hydrogens is 330 g/mol. The van der Waals surface area contributed by atoms with E-state index in [1.807, 2.05) is 26.0 Å². The Bertz CT molecular complexity index is 764. The lowest BCUT2D eigenvalue weighted by molar-refractivity contribution is -0.139. The zero-order chi connectivity index (χ0) is 17.4. The van der Waals surface area contributed by atoms with E-state index in [2.05, 4.69) is 5.32 Å². The predicted molar refractivity (Wildman–Crippen MR) is 89.2 cm³/mol. The first-order chi connectivity index (χ1) is 11.5. The van der Waals surface area contributed by atoms with Crippen molar-refractivity contribution in [3.63, 3.8) is 0 Å². The van der Waals surface area contributed by atoms with Crippen LogP contribution in [0.2, 0.25) is 5.02 Å². The van der Waals surface area contributed by atoms with Crippen LogP contribution in [-0.4, -0.2) is 25.2 Å². The van der Waals surface area contributed by atoms with Crippen LogP contribution in [0.5, 0.6) is 0 Å². The van der Waals surface area contributed by atoms with Crippen molar-refractivity contribution in [3.8, 4) is 0 Å². The second-order valence-electron chi connectivity index (χ2n) is 5.72. The smallest absolute Gasteiger partial charge is 0.337 e. The van der Waals surface area contributed by atoms with Crippen LogP contribution in [0.1, 0.15) is 31.7 Å². The molecule has 5 nitrogen and oxygen atoms in total. The van der Waals surface area contributed by atoms with Gasteiger partial charge in [0.1, 0.15) is 6.10 Å². The number of halogens is 1. The number of dihydropyridines is 1. The molecule has 1 aromatic carbocycles. The Balaban J connectivity index is 2.22. The number of methoxy groups -OCH3 is 1. The molecule has 0 spiro atoms. The number of benzene rings is 1. The van der Waals surface area contributed by atoms with E-state index in [-0.39, 0.29) is 6.10 Å². The van der Waals surface area contributed by atoms with E-state index in [0.717, 1.165) is 11.3 Å². The molecule has 2 atom stereocenters. The van der Waals surface area contributed by atoms with Crippen molar-refractivity contribution in [1.29, 1.82) is 0 Å². The van der Waals surface area contributed by atoms with Crippen LogP contribution >= 0.6 is 11.6 Å². The molecule has 126 valence electrons. The summed E-state index contributed by atoms with van der Waals surface area (Å²) < 4.78 is 10.3. The molecule has 6 heteroatoms. The minimum Gasteiger partial charge on any atom is -0.466 e. The highest BCUT2D eigenvalue weighted by atomic mass is 35.5. The monoisotopic (exact) mass is 347 g/mol. The minimum atomic E-state index is -0.529. The summed E-state index contributed by atoms with van der Waals surface area (Å²) in [6.07, 6.45) is 0.231. The fraction of sp³-hybridized carbons (Fsp3) is 0.333. The van der Waals surface area contributed by atoms with Gasteiger partial charge in [0.05, 0.1) is 29.9 Å². The second-order valence-corrected chi connectivity index (χ2v) is 6.16. The fourth-order valence-electron chi connectivity index (χ4n) is 3.22. The van der Waals surface area contributed by atoms with Gasteiger partial charge in [-0.05, 0) is 31.0 Å². The maximum absolute atomic E-state index is 12.4. The van der Waals surface area contributed by atoms with E-state index in [0.29, 0.717) is 28.3 Å². The highest BCUT2D eigenvalue weighted by Crippen LogP contribution is 2.43. The normalized spacial score (nSPS) is 22.9. The average molecular weight is 348 g/mol. The topological polar surface area (TPSA) is 64.6 Å². The SMILES string of the molecule is CCC1=C(C(=O)OC)C(c2ccc(Cl)cc2)C2=C(N1)C(C)OC2=O. The number of hydrogen-bond acceptors (Lipinski definition) is 5. The number of cyclic esters (lactones) is 1. The van der Waals surface area contributed by atoms with E-state index in [4.69, 9.17) is 21.1 Å². The van der Waals surface area contributed by atoms with Gasteiger partial charge in [0.15, 0.2) is 0 Å². The van der Waals surface area contributed by atoms with Gasteiger partial charge >= 0.3 is 11.9 Å². The molecule has 0 amide bonds. The van der Waals surface area contributed by atoms with E-state index in [1.165, 1.54) is 7.11 Å². The standard InChI is InChI=1S/C18H18ClNO4/c1-4-12-14(17(21)23-3)13(10-5-7-11(19)8-6-10)15-16(20-12)9(2)24-18(15)22/h5-9,13,20H,4H2,1-3H3. The molecule has 0 radical (unpaired) electrons. The molecule has 0 aromatic heterocycles. The lowest BCUT2D eigenvalue weighted by Gasteiger charge is -2.29. The summed E-state index contributed by atoms with van der Waals surface area (Å²) in [6.45, 7) is 3.75. The number of rotatable bonds is 3. The Morgan fingerprint density at radius 1 is 1.33 bits per heavy atom. The predicted octanol–water partition coefficient (Wildman–Crippen LogP) is 3.06.